The third kappa shape index (κ3) is 2.88. The predicted octanol–water partition coefficient (Wildman–Crippen LogP) is 2.45. The van der Waals surface area contributed by atoms with Gasteiger partial charge in [-0.2, -0.15) is 0 Å². The van der Waals surface area contributed by atoms with Gasteiger partial charge in [-0.3, -0.25) is 4.79 Å². The molecule has 1 aromatic carbocycles. The van der Waals surface area contributed by atoms with Crippen molar-refractivity contribution in [3.05, 3.63) is 35.4 Å². The molecule has 0 aliphatic carbocycles. The quantitative estimate of drug-likeness (QED) is 0.860. The zero-order valence-corrected chi connectivity index (χ0v) is 10.1. The number of Topliss-reactive ketones (excluding diaryl/α,β-unsaturated/α-hetero) is 1. The Balaban J connectivity index is 2.92. The summed E-state index contributed by atoms with van der Waals surface area (Å²) in [6, 6.07) is 3.85. The van der Waals surface area contributed by atoms with Gasteiger partial charge in [0.1, 0.15) is 5.78 Å². The van der Waals surface area contributed by atoms with Crippen LogP contribution < -0.4 is 5.73 Å². The summed E-state index contributed by atoms with van der Waals surface area (Å²) in [7, 11) is 0. The van der Waals surface area contributed by atoms with Crippen LogP contribution in [0.25, 0.3) is 0 Å². The van der Waals surface area contributed by atoms with Crippen LogP contribution in [0.5, 0.6) is 0 Å². The van der Waals surface area contributed by atoms with Gasteiger partial charge in [0, 0.05) is 18.4 Å². The summed E-state index contributed by atoms with van der Waals surface area (Å²) in [4.78, 5) is 12.0. The Morgan fingerprint density at radius 3 is 2.59 bits per heavy atom. The topological polar surface area (TPSA) is 43.1 Å². The highest BCUT2D eigenvalue weighted by Crippen LogP contribution is 2.24. The van der Waals surface area contributed by atoms with E-state index in [9.17, 15) is 13.6 Å². The molecular weight excluding hydrogens is 224 g/mol. The highest BCUT2D eigenvalue weighted by atomic mass is 19.2. The van der Waals surface area contributed by atoms with Crippen LogP contribution in [0.2, 0.25) is 0 Å². The summed E-state index contributed by atoms with van der Waals surface area (Å²) in [5.41, 5.74) is 4.97. The highest BCUT2D eigenvalue weighted by Gasteiger charge is 2.30. The van der Waals surface area contributed by atoms with Gasteiger partial charge in [-0.1, -0.05) is 26.0 Å². The molecule has 0 aliphatic heterocycles. The van der Waals surface area contributed by atoms with E-state index in [-0.39, 0.29) is 24.3 Å². The second kappa shape index (κ2) is 5.36. The maximum absolute atomic E-state index is 13.4. The number of ketones is 1. The third-order valence-corrected chi connectivity index (χ3v) is 3.29. The number of carbonyl (C=O) groups is 1. The van der Waals surface area contributed by atoms with Crippen molar-refractivity contribution < 1.29 is 13.6 Å². The van der Waals surface area contributed by atoms with Crippen molar-refractivity contribution >= 4 is 5.78 Å². The van der Waals surface area contributed by atoms with E-state index in [4.69, 9.17) is 5.73 Å². The van der Waals surface area contributed by atoms with Gasteiger partial charge in [0.15, 0.2) is 11.6 Å². The first-order chi connectivity index (χ1) is 7.94. The van der Waals surface area contributed by atoms with Gasteiger partial charge in [0.25, 0.3) is 0 Å². The number of nitrogens with two attached hydrogens (primary N) is 1. The van der Waals surface area contributed by atoms with E-state index < -0.39 is 17.0 Å². The lowest BCUT2D eigenvalue weighted by Crippen LogP contribution is -2.36. The first-order valence-electron chi connectivity index (χ1n) is 5.61. The fourth-order valence-electron chi connectivity index (χ4n) is 1.53. The molecule has 0 radical (unpaired) electrons. The van der Waals surface area contributed by atoms with E-state index in [0.29, 0.717) is 6.42 Å². The summed E-state index contributed by atoms with van der Waals surface area (Å²) in [6.07, 6.45) is 0.463. The van der Waals surface area contributed by atoms with E-state index in [2.05, 4.69) is 0 Å². The van der Waals surface area contributed by atoms with Crippen molar-refractivity contribution in [3.63, 3.8) is 0 Å². The maximum Gasteiger partial charge on any atom is 0.162 e. The smallest absolute Gasteiger partial charge is 0.162 e. The minimum atomic E-state index is -0.948. The Bertz CT molecular complexity index is 414. The van der Waals surface area contributed by atoms with Gasteiger partial charge in [-0.15, -0.1) is 0 Å². The zero-order chi connectivity index (χ0) is 13.1. The van der Waals surface area contributed by atoms with Gasteiger partial charge in [-0.25, -0.2) is 8.78 Å². The fraction of sp³-hybridized carbons (Fsp3) is 0.462. The molecule has 0 amide bonds. The molecule has 0 bridgehead atoms. The Morgan fingerprint density at radius 2 is 2.06 bits per heavy atom. The number of halogens is 2. The number of rotatable bonds is 5. The summed E-state index contributed by atoms with van der Waals surface area (Å²) in [6.45, 7) is 3.80. The second-order valence-electron chi connectivity index (χ2n) is 4.43. The molecule has 0 aromatic heterocycles. The van der Waals surface area contributed by atoms with Crippen LogP contribution in [0.4, 0.5) is 8.78 Å². The molecule has 1 rings (SSSR count). The molecule has 94 valence electrons. The molecule has 0 saturated carbocycles. The van der Waals surface area contributed by atoms with Crippen molar-refractivity contribution in [1.82, 2.24) is 0 Å². The SMILES string of the molecule is CCC(C)(CN)C(=O)Cc1cccc(F)c1F. The summed E-state index contributed by atoms with van der Waals surface area (Å²) >= 11 is 0. The Morgan fingerprint density at radius 1 is 1.41 bits per heavy atom. The van der Waals surface area contributed by atoms with Crippen molar-refractivity contribution in [2.24, 2.45) is 11.1 Å². The minimum Gasteiger partial charge on any atom is -0.329 e. The summed E-state index contributed by atoms with van der Waals surface area (Å²) in [5, 5.41) is 0. The number of benzene rings is 1. The minimum absolute atomic E-state index is 0.0862. The van der Waals surface area contributed by atoms with E-state index in [1.54, 1.807) is 6.92 Å². The molecule has 1 aromatic rings. The molecule has 4 heteroatoms. The lowest BCUT2D eigenvalue weighted by atomic mass is 9.80. The van der Waals surface area contributed by atoms with Crippen molar-refractivity contribution in [2.45, 2.75) is 26.7 Å². The summed E-state index contributed by atoms with van der Waals surface area (Å²) < 4.78 is 26.4. The van der Waals surface area contributed by atoms with Gasteiger partial charge in [0.05, 0.1) is 0 Å². The first-order valence-corrected chi connectivity index (χ1v) is 5.61. The van der Waals surface area contributed by atoms with Crippen LogP contribution in [0.1, 0.15) is 25.8 Å². The lowest BCUT2D eigenvalue weighted by Gasteiger charge is -2.24. The van der Waals surface area contributed by atoms with Crippen LogP contribution in [-0.2, 0) is 11.2 Å². The zero-order valence-electron chi connectivity index (χ0n) is 10.1. The van der Waals surface area contributed by atoms with Gasteiger partial charge in [0.2, 0.25) is 0 Å². The molecule has 1 atom stereocenters. The lowest BCUT2D eigenvalue weighted by molar-refractivity contribution is -0.127. The standard InChI is InChI=1S/C13H17F2NO/c1-3-13(2,8-16)11(17)7-9-5-4-6-10(14)12(9)15/h4-6H,3,7-8,16H2,1-2H3. The molecule has 2 N–H and O–H groups in total. The molecule has 1 unspecified atom stereocenters. The molecule has 17 heavy (non-hydrogen) atoms. The normalized spacial score (nSPS) is 14.4. The van der Waals surface area contributed by atoms with Crippen LogP contribution in [-0.4, -0.2) is 12.3 Å². The van der Waals surface area contributed by atoms with Crippen LogP contribution >= 0.6 is 0 Å². The van der Waals surface area contributed by atoms with Crippen molar-refractivity contribution in [2.75, 3.05) is 6.54 Å². The van der Waals surface area contributed by atoms with Gasteiger partial charge < -0.3 is 5.73 Å². The molecule has 0 spiro atoms. The first kappa shape index (κ1) is 13.8. The monoisotopic (exact) mass is 241 g/mol. The summed E-state index contributed by atoms with van der Waals surface area (Å²) in [5.74, 6) is -2.04. The fourth-order valence-corrected chi connectivity index (χ4v) is 1.53. The Hall–Kier alpha value is -1.29. The second-order valence-corrected chi connectivity index (χ2v) is 4.43. The number of carbonyl (C=O) groups excluding carboxylic acids is 1. The van der Waals surface area contributed by atoms with Gasteiger partial charge in [-0.05, 0) is 18.1 Å². The average Bonchev–Trinajstić information content (AvgIpc) is 2.33. The predicted molar refractivity (Wildman–Crippen MR) is 62.5 cm³/mol. The van der Waals surface area contributed by atoms with Crippen molar-refractivity contribution in [3.8, 4) is 0 Å². The number of hydrogen-bond acceptors (Lipinski definition) is 2. The van der Waals surface area contributed by atoms with Crippen LogP contribution in [0.15, 0.2) is 18.2 Å². The van der Waals surface area contributed by atoms with E-state index in [1.165, 1.54) is 12.1 Å². The van der Waals surface area contributed by atoms with Crippen molar-refractivity contribution in [1.29, 1.82) is 0 Å². The van der Waals surface area contributed by atoms with E-state index >= 15 is 0 Å². The Labute approximate surface area is 99.8 Å². The van der Waals surface area contributed by atoms with E-state index in [1.807, 2.05) is 6.92 Å². The largest absolute Gasteiger partial charge is 0.329 e. The maximum atomic E-state index is 13.4. The molecule has 0 heterocycles. The van der Waals surface area contributed by atoms with Crippen LogP contribution in [0, 0.1) is 17.0 Å². The molecule has 2 nitrogen and oxygen atoms in total. The third-order valence-electron chi connectivity index (χ3n) is 3.29. The van der Waals surface area contributed by atoms with Gasteiger partial charge >= 0.3 is 0 Å². The average molecular weight is 241 g/mol. The molecule has 0 saturated heterocycles. The van der Waals surface area contributed by atoms with E-state index in [0.717, 1.165) is 6.07 Å². The Kier molecular flexibility index (Phi) is 4.34. The molecule has 0 fully saturated rings. The molecule has 0 aliphatic rings. The molecular formula is C13H17F2NO. The highest BCUT2D eigenvalue weighted by molar-refractivity contribution is 5.86. The van der Waals surface area contributed by atoms with Crippen LogP contribution in [0.3, 0.4) is 0 Å². The number of hydrogen-bond donors (Lipinski definition) is 1.